The Hall–Kier alpha value is -2.96. The summed E-state index contributed by atoms with van der Waals surface area (Å²) in [6.07, 6.45) is 0.0802. The van der Waals surface area contributed by atoms with E-state index in [2.05, 4.69) is 5.32 Å². The van der Waals surface area contributed by atoms with E-state index in [1.165, 1.54) is 6.07 Å². The smallest absolute Gasteiger partial charge is 0.227 e. The summed E-state index contributed by atoms with van der Waals surface area (Å²) < 4.78 is 32.1. The van der Waals surface area contributed by atoms with Crippen LogP contribution in [0.3, 0.4) is 0 Å². The zero-order valence-electron chi connectivity index (χ0n) is 15.7. The fourth-order valence-corrected chi connectivity index (χ4v) is 3.27. The highest BCUT2D eigenvalue weighted by molar-refractivity contribution is 6.01. The number of hydrogen-bond acceptors (Lipinski definition) is 3. The molecule has 148 valence electrons. The summed E-state index contributed by atoms with van der Waals surface area (Å²) >= 11 is 0. The van der Waals surface area contributed by atoms with Gasteiger partial charge in [-0.05, 0) is 43.7 Å². The first-order chi connectivity index (χ1) is 13.4. The van der Waals surface area contributed by atoms with Crippen LogP contribution >= 0.6 is 0 Å². The Balaban J connectivity index is 1.69. The van der Waals surface area contributed by atoms with E-state index in [0.717, 1.165) is 12.1 Å². The summed E-state index contributed by atoms with van der Waals surface area (Å²) in [6.45, 7) is 4.25. The largest absolute Gasteiger partial charge is 0.492 e. The van der Waals surface area contributed by atoms with E-state index in [9.17, 15) is 18.4 Å². The summed E-state index contributed by atoms with van der Waals surface area (Å²) in [4.78, 5) is 26.7. The summed E-state index contributed by atoms with van der Waals surface area (Å²) in [5.74, 6) is -2.31. The highest BCUT2D eigenvalue weighted by Gasteiger charge is 2.36. The number of rotatable bonds is 6. The zero-order valence-corrected chi connectivity index (χ0v) is 15.7. The Morgan fingerprint density at radius 2 is 2.00 bits per heavy atom. The second-order valence-corrected chi connectivity index (χ2v) is 6.71. The maximum atomic E-state index is 13.4. The molecule has 2 unspecified atom stereocenters. The average Bonchev–Trinajstić information content (AvgIpc) is 3.06. The van der Waals surface area contributed by atoms with Gasteiger partial charge in [0, 0.05) is 13.0 Å². The number of hydrogen-bond donors (Lipinski definition) is 1. The molecule has 5 nitrogen and oxygen atoms in total. The van der Waals surface area contributed by atoms with Gasteiger partial charge in [-0.3, -0.25) is 9.59 Å². The molecule has 3 rings (SSSR count). The molecule has 0 radical (unpaired) electrons. The van der Waals surface area contributed by atoms with Crippen LogP contribution in [-0.4, -0.2) is 25.0 Å². The summed E-state index contributed by atoms with van der Waals surface area (Å²) in [7, 11) is 0. The quantitative estimate of drug-likeness (QED) is 0.823. The average molecular weight is 388 g/mol. The lowest BCUT2D eigenvalue weighted by Gasteiger charge is -2.21. The molecule has 2 atom stereocenters. The highest BCUT2D eigenvalue weighted by Crippen LogP contribution is 2.33. The molecule has 1 aliphatic rings. The fourth-order valence-electron chi connectivity index (χ4n) is 3.27. The van der Waals surface area contributed by atoms with Crippen molar-refractivity contribution < 1.29 is 23.1 Å². The highest BCUT2D eigenvalue weighted by atomic mass is 19.2. The van der Waals surface area contributed by atoms with Crippen LogP contribution in [-0.2, 0) is 9.59 Å². The Morgan fingerprint density at radius 3 is 2.71 bits per heavy atom. The molecule has 0 bridgehead atoms. The molecular weight excluding hydrogens is 366 g/mol. The SMILES string of the molecule is CCOc1ccccc1N1CC(C(=O)NC(C)c2ccc(F)c(F)c2)CC1=O. The minimum absolute atomic E-state index is 0.0802. The minimum Gasteiger partial charge on any atom is -0.492 e. The first-order valence-corrected chi connectivity index (χ1v) is 9.18. The standard InChI is InChI=1S/C21H22F2N2O3/c1-3-28-19-7-5-4-6-18(19)25-12-15(11-20(25)26)21(27)24-13(2)14-8-9-16(22)17(23)10-14/h4-10,13,15H,3,11-12H2,1-2H3,(H,24,27). The first-order valence-electron chi connectivity index (χ1n) is 9.18. The third kappa shape index (κ3) is 4.13. The molecule has 2 aromatic carbocycles. The predicted molar refractivity (Wildman–Crippen MR) is 101 cm³/mol. The van der Waals surface area contributed by atoms with Crippen molar-refractivity contribution in [1.82, 2.24) is 5.32 Å². The summed E-state index contributed by atoms with van der Waals surface area (Å²) in [6, 6.07) is 10.2. The Kier molecular flexibility index (Phi) is 5.92. The lowest BCUT2D eigenvalue weighted by molar-refractivity contribution is -0.126. The van der Waals surface area contributed by atoms with Gasteiger partial charge in [0.2, 0.25) is 11.8 Å². The van der Waals surface area contributed by atoms with Crippen molar-refractivity contribution in [3.8, 4) is 5.75 Å². The van der Waals surface area contributed by atoms with Gasteiger partial charge in [-0.2, -0.15) is 0 Å². The Labute approximate surface area is 162 Å². The van der Waals surface area contributed by atoms with Crippen LogP contribution in [0.5, 0.6) is 5.75 Å². The molecule has 2 amide bonds. The Bertz CT molecular complexity index is 888. The molecule has 1 heterocycles. The molecule has 0 aromatic heterocycles. The molecule has 0 spiro atoms. The summed E-state index contributed by atoms with van der Waals surface area (Å²) in [5, 5.41) is 2.78. The van der Waals surface area contributed by atoms with Crippen molar-refractivity contribution in [1.29, 1.82) is 0 Å². The van der Waals surface area contributed by atoms with E-state index in [1.54, 1.807) is 24.0 Å². The van der Waals surface area contributed by atoms with E-state index in [4.69, 9.17) is 4.74 Å². The van der Waals surface area contributed by atoms with Gasteiger partial charge in [0.05, 0.1) is 24.3 Å². The molecule has 1 N–H and O–H groups in total. The van der Waals surface area contributed by atoms with E-state index >= 15 is 0 Å². The van der Waals surface area contributed by atoms with Gasteiger partial charge in [-0.1, -0.05) is 18.2 Å². The third-order valence-corrected chi connectivity index (χ3v) is 4.75. The lowest BCUT2D eigenvalue weighted by Crippen LogP contribution is -2.34. The number of anilines is 1. The van der Waals surface area contributed by atoms with Crippen LogP contribution in [0, 0.1) is 17.6 Å². The van der Waals surface area contributed by atoms with Crippen LogP contribution in [0.2, 0.25) is 0 Å². The molecule has 1 fully saturated rings. The number of nitrogens with one attached hydrogen (secondary N) is 1. The number of para-hydroxylation sites is 2. The molecular formula is C21H22F2N2O3. The third-order valence-electron chi connectivity index (χ3n) is 4.75. The van der Waals surface area contributed by atoms with Crippen molar-refractivity contribution in [2.45, 2.75) is 26.3 Å². The van der Waals surface area contributed by atoms with Crippen LogP contribution in [0.25, 0.3) is 0 Å². The number of benzene rings is 2. The normalized spacial score (nSPS) is 17.5. The summed E-state index contributed by atoms with van der Waals surface area (Å²) in [5.41, 5.74) is 1.09. The van der Waals surface area contributed by atoms with E-state index in [0.29, 0.717) is 23.6 Å². The lowest BCUT2D eigenvalue weighted by atomic mass is 10.0. The van der Waals surface area contributed by atoms with Crippen molar-refractivity contribution >= 4 is 17.5 Å². The maximum Gasteiger partial charge on any atom is 0.227 e. The van der Waals surface area contributed by atoms with Gasteiger partial charge in [-0.15, -0.1) is 0 Å². The minimum atomic E-state index is -0.964. The number of amides is 2. The van der Waals surface area contributed by atoms with Crippen LogP contribution in [0.15, 0.2) is 42.5 Å². The van der Waals surface area contributed by atoms with E-state index < -0.39 is 23.6 Å². The molecule has 0 saturated carbocycles. The van der Waals surface area contributed by atoms with Gasteiger partial charge in [0.15, 0.2) is 11.6 Å². The second-order valence-electron chi connectivity index (χ2n) is 6.71. The molecule has 7 heteroatoms. The van der Waals surface area contributed by atoms with Crippen LogP contribution in [0.1, 0.15) is 31.9 Å². The number of ether oxygens (including phenoxy) is 1. The van der Waals surface area contributed by atoms with Crippen molar-refractivity contribution in [2.24, 2.45) is 5.92 Å². The monoisotopic (exact) mass is 388 g/mol. The number of nitrogens with zero attached hydrogens (tertiary/aromatic N) is 1. The predicted octanol–water partition coefficient (Wildman–Crippen LogP) is 3.59. The van der Waals surface area contributed by atoms with Gasteiger partial charge in [0.1, 0.15) is 5.75 Å². The van der Waals surface area contributed by atoms with Crippen molar-refractivity contribution in [2.75, 3.05) is 18.1 Å². The first kappa shape index (κ1) is 19.8. The van der Waals surface area contributed by atoms with Crippen molar-refractivity contribution in [3.05, 3.63) is 59.7 Å². The van der Waals surface area contributed by atoms with Gasteiger partial charge >= 0.3 is 0 Å². The van der Waals surface area contributed by atoms with Gasteiger partial charge in [-0.25, -0.2) is 8.78 Å². The van der Waals surface area contributed by atoms with E-state index in [1.807, 2.05) is 19.1 Å². The van der Waals surface area contributed by atoms with Gasteiger partial charge < -0.3 is 15.0 Å². The Morgan fingerprint density at radius 1 is 1.25 bits per heavy atom. The molecule has 0 aliphatic carbocycles. The number of halogens is 2. The number of carbonyl (C=O) groups excluding carboxylic acids is 2. The zero-order chi connectivity index (χ0) is 20.3. The van der Waals surface area contributed by atoms with Gasteiger partial charge in [0.25, 0.3) is 0 Å². The molecule has 1 aliphatic heterocycles. The molecule has 2 aromatic rings. The molecule has 28 heavy (non-hydrogen) atoms. The fraction of sp³-hybridized carbons (Fsp3) is 0.333. The molecule has 1 saturated heterocycles. The van der Waals surface area contributed by atoms with E-state index in [-0.39, 0.29) is 24.8 Å². The van der Waals surface area contributed by atoms with Crippen LogP contribution in [0.4, 0.5) is 14.5 Å². The second kappa shape index (κ2) is 8.37. The van der Waals surface area contributed by atoms with Crippen molar-refractivity contribution in [3.63, 3.8) is 0 Å². The maximum absolute atomic E-state index is 13.4. The number of carbonyl (C=O) groups is 2. The topological polar surface area (TPSA) is 58.6 Å². The van der Waals surface area contributed by atoms with Crippen LogP contribution < -0.4 is 15.0 Å².